The lowest BCUT2D eigenvalue weighted by atomic mass is 9.99. The lowest BCUT2D eigenvalue weighted by Gasteiger charge is -2.36. The van der Waals surface area contributed by atoms with Gasteiger partial charge in [-0.3, -0.25) is 19.2 Å². The number of benzene rings is 2. The molecule has 2 atom stereocenters. The molecule has 16 nitrogen and oxygen atoms in total. The van der Waals surface area contributed by atoms with E-state index in [1.165, 1.54) is 70.2 Å². The van der Waals surface area contributed by atoms with E-state index in [1.54, 1.807) is 12.1 Å². The van der Waals surface area contributed by atoms with Crippen LogP contribution in [-0.2, 0) is 71.4 Å². The van der Waals surface area contributed by atoms with Gasteiger partial charge < -0.3 is 10.1 Å². The number of nitrogens with zero attached hydrogens (tertiary/aromatic N) is 7. The number of nitrogens with two attached hydrogens (primary N) is 1. The third-order valence-corrected chi connectivity index (χ3v) is 17.1. The number of urea groups is 1. The van der Waals surface area contributed by atoms with Gasteiger partial charge in [-0.25, -0.2) is 23.1 Å². The molecule has 4 N–H and O–H groups in total. The van der Waals surface area contributed by atoms with Crippen LogP contribution < -0.4 is 19.9 Å². The van der Waals surface area contributed by atoms with Gasteiger partial charge in [-0.1, -0.05) is 12.1 Å². The van der Waals surface area contributed by atoms with Crippen LogP contribution in [0.15, 0.2) is 34.3 Å². The van der Waals surface area contributed by atoms with E-state index in [9.17, 15) is 21.6 Å². The highest BCUT2D eigenvalue weighted by atomic mass is 32.2. The van der Waals surface area contributed by atoms with Crippen LogP contribution in [0.4, 0.5) is 10.5 Å². The Morgan fingerprint density at radius 2 is 1.09 bits per heavy atom. The number of aryl methyl sites for hydroxylation is 4. The van der Waals surface area contributed by atoms with Crippen LogP contribution in [0.1, 0.15) is 158 Å². The van der Waals surface area contributed by atoms with E-state index >= 15 is 0 Å². The number of nitriles is 1. The standard InChI is InChI=1S/C24H31N5O3S.C13H13NO.C11H18N4O2S/c1-15(28-11-4-12-28)21-14-22(26-29(21)18-9-10-18)33(31,32)27-24(30)25-23-19-7-2-5-16(19)13-17-6-3-8-20(17)23;14-8-15-13-11-5-1-3-9(11)7-10-4-2-6-12(10)13;1-8(14-5-2-6-14)10-7-11(18(12,16)17)13-15(10)9-3-4-9/h13-15,18H,2-12H2,1H3,(H2,25,27,30);7H,1-6H2;7-9H,2-6H2,1H3,(H2,12,16,17). The van der Waals surface area contributed by atoms with Crippen molar-refractivity contribution in [1.82, 2.24) is 34.1 Å². The zero-order chi connectivity index (χ0) is 45.9. The van der Waals surface area contributed by atoms with Gasteiger partial charge in [0.05, 0.1) is 23.5 Å². The van der Waals surface area contributed by atoms with E-state index < -0.39 is 26.1 Å². The summed E-state index contributed by atoms with van der Waals surface area (Å²) in [4.78, 5) is 17.5. The zero-order valence-corrected chi connectivity index (χ0v) is 39.8. The predicted molar refractivity (Wildman–Crippen MR) is 248 cm³/mol. The van der Waals surface area contributed by atoms with Gasteiger partial charge in [0.2, 0.25) is 0 Å². The van der Waals surface area contributed by atoms with Crippen molar-refractivity contribution in [2.45, 2.75) is 164 Å². The third kappa shape index (κ3) is 9.01. The number of primary sulfonamides is 1. The Labute approximate surface area is 388 Å². The fourth-order valence-corrected chi connectivity index (χ4v) is 12.3. The van der Waals surface area contributed by atoms with E-state index in [1.807, 2.05) is 15.6 Å². The quantitative estimate of drug-likeness (QED) is 0.136. The molecule has 6 aliphatic carbocycles. The highest BCUT2D eigenvalue weighted by Crippen LogP contribution is 2.43. The fraction of sp³-hybridized carbons (Fsp3) is 0.583. The molecule has 8 aliphatic rings. The third-order valence-electron chi connectivity index (χ3n) is 15.1. The van der Waals surface area contributed by atoms with Crippen molar-refractivity contribution < 1.29 is 26.4 Å². The van der Waals surface area contributed by atoms with Gasteiger partial charge in [-0.2, -0.15) is 18.6 Å². The molecule has 18 heteroatoms. The molecule has 0 spiro atoms. The number of ether oxygens (including phenoxy) is 1. The maximum atomic E-state index is 13.1. The number of carbonyl (C=O) groups excluding carboxylic acids is 1. The van der Waals surface area contributed by atoms with Gasteiger partial charge in [0.25, 0.3) is 26.3 Å². The van der Waals surface area contributed by atoms with Gasteiger partial charge >= 0.3 is 6.03 Å². The number of fused-ring (bicyclic) bond motifs is 4. The number of hydrogen-bond acceptors (Lipinski definition) is 11. The molecule has 2 aliphatic heterocycles. The second kappa shape index (κ2) is 18.0. The van der Waals surface area contributed by atoms with Crippen molar-refractivity contribution in [2.75, 3.05) is 31.5 Å². The van der Waals surface area contributed by atoms with Crippen LogP contribution in [-0.4, -0.2) is 78.4 Å². The molecule has 2 unspecified atom stereocenters. The van der Waals surface area contributed by atoms with Crippen molar-refractivity contribution in [3.8, 4) is 12.0 Å². The minimum absolute atomic E-state index is 0.00299. The van der Waals surface area contributed by atoms with Crippen molar-refractivity contribution >= 4 is 31.8 Å². The number of rotatable bonds is 11. The molecule has 12 rings (SSSR count). The lowest BCUT2D eigenvalue weighted by Crippen LogP contribution is -2.39. The molecular formula is C48H62N10O6S2. The Bertz CT molecular complexity index is 2750. The van der Waals surface area contributed by atoms with Crippen LogP contribution >= 0.6 is 0 Å². The molecule has 2 amide bonds. The molecule has 0 radical (unpaired) electrons. The normalized spacial score (nSPS) is 20.5. The molecule has 2 saturated heterocycles. The number of aromatic nitrogens is 4. The van der Waals surface area contributed by atoms with Gasteiger partial charge in [-0.05, 0) is 174 Å². The molecule has 4 aromatic rings. The van der Waals surface area contributed by atoms with E-state index in [2.05, 4.69) is 56.0 Å². The van der Waals surface area contributed by atoms with Crippen LogP contribution in [0.2, 0.25) is 0 Å². The minimum Gasteiger partial charge on any atom is -0.387 e. The highest BCUT2D eigenvalue weighted by molar-refractivity contribution is 7.90. The van der Waals surface area contributed by atoms with E-state index in [0.29, 0.717) is 6.04 Å². The first-order chi connectivity index (χ1) is 31.8. The van der Waals surface area contributed by atoms with Crippen LogP contribution in [0.25, 0.3) is 0 Å². The van der Waals surface area contributed by atoms with Crippen molar-refractivity contribution in [1.29, 1.82) is 5.26 Å². The summed E-state index contributed by atoms with van der Waals surface area (Å²) < 4.78 is 60.2. The lowest BCUT2D eigenvalue weighted by molar-refractivity contribution is 0.122. The molecule has 0 bridgehead atoms. The Balaban J connectivity index is 0.000000130. The Morgan fingerprint density at radius 3 is 1.50 bits per heavy atom. The summed E-state index contributed by atoms with van der Waals surface area (Å²) in [5.41, 5.74) is 13.1. The van der Waals surface area contributed by atoms with Crippen molar-refractivity contribution in [3.63, 3.8) is 0 Å². The number of anilines is 1. The second-order valence-electron chi connectivity index (χ2n) is 19.5. The minimum atomic E-state index is -4.08. The summed E-state index contributed by atoms with van der Waals surface area (Å²) in [5.74, 6) is 0.903. The summed E-state index contributed by atoms with van der Waals surface area (Å²) in [6, 6.07) is 8.15. The molecule has 2 aromatic heterocycles. The molecule has 2 aromatic carbocycles. The second-order valence-corrected chi connectivity index (χ2v) is 22.7. The first-order valence-corrected chi connectivity index (χ1v) is 27.2. The van der Waals surface area contributed by atoms with Gasteiger partial charge in [0.15, 0.2) is 10.1 Å². The van der Waals surface area contributed by atoms with Crippen molar-refractivity contribution in [2.24, 2.45) is 5.14 Å². The number of hydrogen-bond donors (Lipinski definition) is 3. The number of likely N-dealkylation sites (tertiary alicyclic amines) is 2. The Kier molecular flexibility index (Phi) is 12.3. The van der Waals surface area contributed by atoms with E-state index in [-0.39, 0.29) is 28.2 Å². The topological polar surface area (TPSA) is 211 Å². The molecule has 2 saturated carbocycles. The SMILES string of the molecule is CC(c1cc(S(=O)(=O)NC(=O)Nc2c3c(cc4c2CCC4)CCC3)nn1C1CC1)N1CCC1.CC(c1cc(S(N)(=O)=O)nn1C1CC1)N1CCC1.N#COc1c2c(cc3c1CCC3)CCC2. The average molecular weight is 939 g/mol. The predicted octanol–water partition coefficient (Wildman–Crippen LogP) is 6.63. The van der Waals surface area contributed by atoms with Gasteiger partial charge in [0, 0.05) is 56.1 Å². The van der Waals surface area contributed by atoms with E-state index in [0.717, 1.165) is 139 Å². The van der Waals surface area contributed by atoms with E-state index in [4.69, 9.17) is 15.1 Å². The smallest absolute Gasteiger partial charge is 0.333 e. The van der Waals surface area contributed by atoms with Gasteiger partial charge in [-0.15, -0.1) is 5.26 Å². The summed E-state index contributed by atoms with van der Waals surface area (Å²) in [5, 5.41) is 25.3. The number of carbonyl (C=O) groups is 1. The number of sulfonamides is 2. The molecular weight excluding hydrogens is 877 g/mol. The average Bonchev–Trinajstić information content (AvgIpc) is 3.74. The maximum absolute atomic E-state index is 13.1. The summed E-state index contributed by atoms with van der Waals surface area (Å²) in [7, 11) is -7.78. The molecule has 4 fully saturated rings. The van der Waals surface area contributed by atoms with Crippen molar-refractivity contribution in [3.05, 3.63) is 80.2 Å². The Morgan fingerprint density at radius 1 is 0.667 bits per heavy atom. The molecule has 4 heterocycles. The van der Waals surface area contributed by atoms with Crippen LogP contribution in [0.5, 0.6) is 5.75 Å². The number of nitrogens with one attached hydrogen (secondary N) is 2. The first kappa shape index (κ1) is 45.0. The largest absolute Gasteiger partial charge is 0.387 e. The summed E-state index contributed by atoms with van der Waals surface area (Å²) in [6.45, 7) is 8.38. The molecule has 66 heavy (non-hydrogen) atoms. The zero-order valence-electron chi connectivity index (χ0n) is 38.1. The Hall–Kier alpha value is -4.80. The monoisotopic (exact) mass is 938 g/mol. The highest BCUT2D eigenvalue weighted by Gasteiger charge is 2.36. The fourth-order valence-electron chi connectivity index (χ4n) is 10.9. The number of amides is 2. The van der Waals surface area contributed by atoms with Gasteiger partial charge in [0.1, 0.15) is 5.75 Å². The molecule has 352 valence electrons. The first-order valence-electron chi connectivity index (χ1n) is 24.2. The summed E-state index contributed by atoms with van der Waals surface area (Å²) >= 11 is 0. The van der Waals surface area contributed by atoms with Crippen LogP contribution in [0, 0.1) is 11.5 Å². The summed E-state index contributed by atoms with van der Waals surface area (Å²) in [6.07, 6.45) is 21.3. The maximum Gasteiger partial charge on any atom is 0.333 e. The van der Waals surface area contributed by atoms with Crippen LogP contribution in [0.3, 0.4) is 0 Å².